The van der Waals surface area contributed by atoms with Gasteiger partial charge in [-0.05, 0) is 23.6 Å². The van der Waals surface area contributed by atoms with Crippen LogP contribution in [-0.4, -0.2) is 25.5 Å². The fourth-order valence-electron chi connectivity index (χ4n) is 2.07. The number of hydrogen-bond acceptors (Lipinski definition) is 3. The van der Waals surface area contributed by atoms with Crippen LogP contribution >= 0.6 is 0 Å². The molecule has 5 heteroatoms. The van der Waals surface area contributed by atoms with Gasteiger partial charge in [0.15, 0.2) is 0 Å². The number of nitrogens with one attached hydrogen (secondary N) is 3. The van der Waals surface area contributed by atoms with E-state index in [0.29, 0.717) is 0 Å². The first-order valence-corrected chi connectivity index (χ1v) is 7.06. The molecule has 0 bridgehead atoms. The molecule has 0 fully saturated rings. The van der Waals surface area contributed by atoms with Gasteiger partial charge >= 0.3 is 6.03 Å². The molecule has 0 aliphatic rings. The second-order valence-electron chi connectivity index (χ2n) is 4.80. The first-order chi connectivity index (χ1) is 10.7. The number of urea groups is 1. The molecule has 0 spiro atoms. The summed E-state index contributed by atoms with van der Waals surface area (Å²) < 4.78 is 0. The lowest BCUT2D eigenvalue weighted by molar-refractivity contribution is -0.118. The maximum absolute atomic E-state index is 11.6. The van der Waals surface area contributed by atoms with Crippen LogP contribution < -0.4 is 16.0 Å². The molecule has 5 nitrogen and oxygen atoms in total. The largest absolute Gasteiger partial charge is 0.376 e. The van der Waals surface area contributed by atoms with Crippen LogP contribution in [0.15, 0.2) is 54.6 Å². The summed E-state index contributed by atoms with van der Waals surface area (Å²) >= 11 is 0. The molecular weight excluding hydrogens is 278 g/mol. The molecule has 0 saturated heterocycles. The van der Waals surface area contributed by atoms with Gasteiger partial charge in [-0.25, -0.2) is 4.79 Å². The predicted octanol–water partition coefficient (Wildman–Crippen LogP) is 2.14. The lowest BCUT2D eigenvalue weighted by Gasteiger charge is -2.12. The summed E-state index contributed by atoms with van der Waals surface area (Å²) in [6, 6.07) is 17.4. The van der Waals surface area contributed by atoms with E-state index in [0.717, 1.165) is 17.7 Å². The zero-order chi connectivity index (χ0) is 15.8. The molecule has 3 amide bonds. The summed E-state index contributed by atoms with van der Waals surface area (Å²) in [5, 5.41) is 7.63. The van der Waals surface area contributed by atoms with E-state index in [-0.39, 0.29) is 12.5 Å². The molecular formula is C17H19N3O2. The number of carbonyl (C=O) groups excluding carboxylic acids is 2. The zero-order valence-electron chi connectivity index (χ0n) is 12.4. The van der Waals surface area contributed by atoms with Crippen LogP contribution in [0.1, 0.15) is 11.1 Å². The minimum Gasteiger partial charge on any atom is -0.376 e. The number of anilines is 1. The predicted molar refractivity (Wildman–Crippen MR) is 86.8 cm³/mol. The highest BCUT2D eigenvalue weighted by atomic mass is 16.2. The highest BCUT2D eigenvalue weighted by molar-refractivity contribution is 5.96. The van der Waals surface area contributed by atoms with Crippen molar-refractivity contribution >= 4 is 17.6 Å². The fourth-order valence-corrected chi connectivity index (χ4v) is 2.07. The van der Waals surface area contributed by atoms with Crippen molar-refractivity contribution in [2.24, 2.45) is 0 Å². The first kappa shape index (κ1) is 15.6. The van der Waals surface area contributed by atoms with Crippen molar-refractivity contribution in [3.05, 3.63) is 65.7 Å². The maximum atomic E-state index is 11.6. The molecule has 2 aromatic carbocycles. The summed E-state index contributed by atoms with van der Waals surface area (Å²) in [7, 11) is 1.46. The van der Waals surface area contributed by atoms with Gasteiger partial charge in [-0.2, -0.15) is 0 Å². The number of para-hydroxylation sites is 1. The second-order valence-corrected chi connectivity index (χ2v) is 4.80. The quantitative estimate of drug-likeness (QED) is 0.792. The summed E-state index contributed by atoms with van der Waals surface area (Å²) in [5.41, 5.74) is 3.19. The lowest BCUT2D eigenvalue weighted by Crippen LogP contribution is -2.40. The van der Waals surface area contributed by atoms with E-state index < -0.39 is 6.03 Å². The molecule has 3 N–H and O–H groups in total. The van der Waals surface area contributed by atoms with Crippen molar-refractivity contribution in [2.75, 3.05) is 18.9 Å². The Kier molecular flexibility index (Phi) is 5.54. The van der Waals surface area contributed by atoms with Crippen LogP contribution in [0.5, 0.6) is 0 Å². The van der Waals surface area contributed by atoms with Crippen molar-refractivity contribution in [1.82, 2.24) is 10.6 Å². The Hall–Kier alpha value is -2.82. The molecule has 0 aliphatic heterocycles. The minimum absolute atomic E-state index is 0.0409. The van der Waals surface area contributed by atoms with Crippen LogP contribution in [-0.2, 0) is 11.2 Å². The molecule has 0 radical (unpaired) electrons. The standard InChI is InChI=1S/C17H19N3O2/c1-18-17(22)20-16(21)12-19-15-10-6-5-9-14(15)11-13-7-3-2-4-8-13/h2-10,19H,11-12H2,1H3,(H2,18,20,21,22). The van der Waals surface area contributed by atoms with Crippen molar-refractivity contribution in [3.8, 4) is 0 Å². The van der Waals surface area contributed by atoms with Gasteiger partial charge in [0.05, 0.1) is 6.54 Å². The van der Waals surface area contributed by atoms with Gasteiger partial charge in [0.1, 0.15) is 0 Å². The van der Waals surface area contributed by atoms with Crippen LogP contribution in [0.2, 0.25) is 0 Å². The Morgan fingerprint density at radius 2 is 1.64 bits per heavy atom. The van der Waals surface area contributed by atoms with Crippen LogP contribution in [0.3, 0.4) is 0 Å². The third-order valence-electron chi connectivity index (χ3n) is 3.17. The molecule has 0 saturated carbocycles. The molecule has 0 heterocycles. The average Bonchev–Trinajstić information content (AvgIpc) is 2.55. The molecule has 0 unspecified atom stereocenters. The van der Waals surface area contributed by atoms with Gasteiger partial charge in [0.25, 0.3) is 0 Å². The van der Waals surface area contributed by atoms with Crippen molar-refractivity contribution < 1.29 is 9.59 Å². The lowest BCUT2D eigenvalue weighted by atomic mass is 10.0. The third-order valence-corrected chi connectivity index (χ3v) is 3.17. The zero-order valence-corrected chi connectivity index (χ0v) is 12.4. The Balaban J connectivity index is 1.99. The van der Waals surface area contributed by atoms with Crippen molar-refractivity contribution in [2.45, 2.75) is 6.42 Å². The van der Waals surface area contributed by atoms with Crippen LogP contribution in [0.4, 0.5) is 10.5 Å². The number of amides is 3. The van der Waals surface area contributed by atoms with E-state index in [9.17, 15) is 9.59 Å². The fraction of sp³-hybridized carbons (Fsp3) is 0.176. The Morgan fingerprint density at radius 1 is 0.955 bits per heavy atom. The van der Waals surface area contributed by atoms with Gasteiger partial charge < -0.3 is 10.6 Å². The highest BCUT2D eigenvalue weighted by Gasteiger charge is 2.07. The Bertz CT molecular complexity index is 641. The van der Waals surface area contributed by atoms with E-state index in [1.807, 2.05) is 42.5 Å². The van der Waals surface area contributed by atoms with Gasteiger partial charge in [0, 0.05) is 12.7 Å². The highest BCUT2D eigenvalue weighted by Crippen LogP contribution is 2.18. The molecule has 2 rings (SSSR count). The normalized spacial score (nSPS) is 9.86. The smallest absolute Gasteiger partial charge is 0.321 e. The second kappa shape index (κ2) is 7.83. The van der Waals surface area contributed by atoms with Crippen molar-refractivity contribution in [3.63, 3.8) is 0 Å². The Morgan fingerprint density at radius 3 is 2.36 bits per heavy atom. The van der Waals surface area contributed by atoms with E-state index in [2.05, 4.69) is 28.1 Å². The number of benzene rings is 2. The van der Waals surface area contributed by atoms with E-state index in [1.54, 1.807) is 0 Å². The van der Waals surface area contributed by atoms with E-state index in [1.165, 1.54) is 12.6 Å². The van der Waals surface area contributed by atoms with Gasteiger partial charge in [0.2, 0.25) is 5.91 Å². The van der Waals surface area contributed by atoms with Crippen molar-refractivity contribution in [1.29, 1.82) is 0 Å². The summed E-state index contributed by atoms with van der Waals surface area (Å²) in [6.07, 6.45) is 0.779. The Labute approximate surface area is 129 Å². The van der Waals surface area contributed by atoms with Crippen LogP contribution in [0, 0.1) is 0 Å². The molecule has 0 atom stereocenters. The summed E-state index contributed by atoms with van der Waals surface area (Å²) in [6.45, 7) is 0.0409. The summed E-state index contributed by atoms with van der Waals surface area (Å²) in [5.74, 6) is -0.381. The van der Waals surface area contributed by atoms with Gasteiger partial charge in [-0.15, -0.1) is 0 Å². The molecule has 0 aromatic heterocycles. The molecule has 114 valence electrons. The first-order valence-electron chi connectivity index (χ1n) is 7.06. The average molecular weight is 297 g/mol. The SMILES string of the molecule is CNC(=O)NC(=O)CNc1ccccc1Cc1ccccc1. The van der Waals surface area contributed by atoms with E-state index >= 15 is 0 Å². The molecule has 0 aliphatic carbocycles. The molecule has 2 aromatic rings. The third kappa shape index (κ3) is 4.63. The number of hydrogen-bond donors (Lipinski definition) is 3. The maximum Gasteiger partial charge on any atom is 0.321 e. The van der Waals surface area contributed by atoms with Gasteiger partial charge in [-0.3, -0.25) is 10.1 Å². The molecule has 22 heavy (non-hydrogen) atoms. The monoisotopic (exact) mass is 297 g/mol. The number of carbonyl (C=O) groups is 2. The van der Waals surface area contributed by atoms with Crippen LogP contribution in [0.25, 0.3) is 0 Å². The van der Waals surface area contributed by atoms with Gasteiger partial charge in [-0.1, -0.05) is 48.5 Å². The topological polar surface area (TPSA) is 70.2 Å². The summed E-state index contributed by atoms with van der Waals surface area (Å²) in [4.78, 5) is 22.7. The number of imide groups is 1. The van der Waals surface area contributed by atoms with E-state index in [4.69, 9.17) is 0 Å². The minimum atomic E-state index is -0.510. The number of rotatable bonds is 5.